The molecule has 0 aromatic rings. The molecule has 0 fully saturated rings. The molecule has 12 heavy (non-hydrogen) atoms. The van der Waals surface area contributed by atoms with Crippen LogP contribution in [0.4, 0.5) is 0 Å². The maximum atomic E-state index is 11.0. The maximum Gasteiger partial charge on any atom is 0.225 e. The molecule has 0 aromatic carbocycles. The fraction of sp³-hybridized carbons (Fsp3) is 1.00. The highest BCUT2D eigenvalue weighted by Gasteiger charge is 2.13. The Labute approximate surface area is 79.5 Å². The summed E-state index contributed by atoms with van der Waals surface area (Å²) in [5, 5.41) is -0.354. The van der Waals surface area contributed by atoms with E-state index >= 15 is 0 Å². The van der Waals surface area contributed by atoms with Gasteiger partial charge in [0.2, 0.25) is 10.0 Å². The van der Waals surface area contributed by atoms with E-state index in [0.29, 0.717) is 0 Å². The number of alkyl halides is 1. The molecule has 1 N–H and O–H groups in total. The minimum absolute atomic E-state index is 0.0405. The van der Waals surface area contributed by atoms with Crippen molar-refractivity contribution >= 4 is 21.6 Å². The lowest BCUT2D eigenvalue weighted by Crippen LogP contribution is -2.34. The summed E-state index contributed by atoms with van der Waals surface area (Å²) < 4.78 is 24.5. The Balaban J connectivity index is 4.02. The Morgan fingerprint density at radius 1 is 1.42 bits per heavy atom. The van der Waals surface area contributed by atoms with Crippen molar-refractivity contribution in [3.8, 4) is 0 Å². The van der Waals surface area contributed by atoms with Crippen molar-refractivity contribution in [1.29, 1.82) is 0 Å². The van der Waals surface area contributed by atoms with Crippen molar-refractivity contribution in [2.24, 2.45) is 0 Å². The zero-order valence-electron chi connectivity index (χ0n) is 7.51. The number of hydrogen-bond acceptors (Lipinski definition) is 2. The number of sulfonamides is 1. The first kappa shape index (κ1) is 12.2. The number of nitrogens with one attached hydrogen (secondary N) is 1. The lowest BCUT2D eigenvalue weighted by Gasteiger charge is -2.14. The van der Waals surface area contributed by atoms with E-state index < -0.39 is 10.0 Å². The Kier molecular flexibility index (Phi) is 5.88. The zero-order chi connectivity index (χ0) is 9.61. The molecule has 0 aromatic heterocycles. The summed E-state index contributed by atoms with van der Waals surface area (Å²) in [4.78, 5) is 0. The minimum Gasteiger partial charge on any atom is -0.211 e. The topological polar surface area (TPSA) is 46.2 Å². The highest BCUT2D eigenvalue weighted by atomic mass is 35.5. The second-order valence-electron chi connectivity index (χ2n) is 2.74. The first-order chi connectivity index (χ1) is 5.55. The molecular weight excluding hydrogens is 198 g/mol. The van der Waals surface area contributed by atoms with E-state index in [1.54, 1.807) is 0 Å². The molecule has 5 heteroatoms. The quantitative estimate of drug-likeness (QED) is 0.683. The molecule has 0 spiro atoms. The third-order valence-corrected chi connectivity index (χ3v) is 3.46. The summed E-state index contributed by atoms with van der Waals surface area (Å²) in [7, 11) is -3.24. The summed E-state index contributed by atoms with van der Waals surface area (Å²) in [6.45, 7) is 3.98. The van der Waals surface area contributed by atoms with Gasteiger partial charge in [0.15, 0.2) is 0 Å². The molecule has 74 valence electrons. The fourth-order valence-corrected chi connectivity index (χ4v) is 2.02. The average molecular weight is 214 g/mol. The predicted octanol–water partition coefficient (Wildman–Crippen LogP) is 1.68. The zero-order valence-corrected chi connectivity index (χ0v) is 9.08. The van der Waals surface area contributed by atoms with Crippen LogP contribution in [0.3, 0.4) is 0 Å². The Morgan fingerprint density at radius 2 is 2.00 bits per heavy atom. The lowest BCUT2D eigenvalue weighted by atomic mass is 10.1. The largest absolute Gasteiger partial charge is 0.225 e. The van der Waals surface area contributed by atoms with Gasteiger partial charge in [-0.15, -0.1) is 11.6 Å². The van der Waals surface area contributed by atoms with Gasteiger partial charge in [0.1, 0.15) is 5.21 Å². The smallest absolute Gasteiger partial charge is 0.211 e. The van der Waals surface area contributed by atoms with Crippen LogP contribution >= 0.6 is 11.6 Å². The molecule has 0 heterocycles. The minimum atomic E-state index is -3.24. The summed E-state index contributed by atoms with van der Waals surface area (Å²) >= 11 is 5.24. The Bertz CT molecular complexity index is 203. The summed E-state index contributed by atoms with van der Waals surface area (Å²) in [6, 6.07) is 0.0405. The van der Waals surface area contributed by atoms with Gasteiger partial charge in [-0.1, -0.05) is 20.3 Å². The van der Waals surface area contributed by atoms with Crippen molar-refractivity contribution < 1.29 is 8.42 Å². The highest BCUT2D eigenvalue weighted by Crippen LogP contribution is 2.03. The molecule has 0 amide bonds. The summed E-state index contributed by atoms with van der Waals surface area (Å²) in [6.07, 6.45) is 2.65. The van der Waals surface area contributed by atoms with E-state index in [1.807, 2.05) is 13.8 Å². The standard InChI is InChI=1S/C7H16ClNO2S/c1-3-5-7(4-2)9-12(10,11)6-8/h7,9H,3-6H2,1-2H3. The Morgan fingerprint density at radius 3 is 2.33 bits per heavy atom. The van der Waals surface area contributed by atoms with Crippen LogP contribution < -0.4 is 4.72 Å². The van der Waals surface area contributed by atoms with Crippen LogP contribution in [0.1, 0.15) is 33.1 Å². The average Bonchev–Trinajstić information content (AvgIpc) is 2.03. The Hall–Kier alpha value is 0.200. The van der Waals surface area contributed by atoms with Crippen molar-refractivity contribution in [3.05, 3.63) is 0 Å². The highest BCUT2D eigenvalue weighted by molar-refractivity contribution is 7.90. The van der Waals surface area contributed by atoms with Crippen molar-refractivity contribution in [3.63, 3.8) is 0 Å². The first-order valence-electron chi connectivity index (χ1n) is 4.11. The van der Waals surface area contributed by atoms with Crippen LogP contribution in [0.5, 0.6) is 0 Å². The van der Waals surface area contributed by atoms with E-state index in [0.717, 1.165) is 19.3 Å². The van der Waals surface area contributed by atoms with E-state index in [-0.39, 0.29) is 11.3 Å². The fourth-order valence-electron chi connectivity index (χ4n) is 0.980. The molecule has 0 radical (unpaired) electrons. The molecule has 0 saturated carbocycles. The summed E-state index contributed by atoms with van der Waals surface area (Å²) in [5.41, 5.74) is 0. The molecule has 0 aliphatic carbocycles. The second-order valence-corrected chi connectivity index (χ2v) is 5.07. The van der Waals surface area contributed by atoms with E-state index in [1.165, 1.54) is 0 Å². The molecule has 0 rings (SSSR count). The molecule has 3 nitrogen and oxygen atoms in total. The normalized spacial score (nSPS) is 14.6. The SMILES string of the molecule is CCCC(CC)NS(=O)(=O)CCl. The maximum absolute atomic E-state index is 11.0. The summed E-state index contributed by atoms with van der Waals surface area (Å²) in [5.74, 6) is 0. The van der Waals surface area contributed by atoms with Gasteiger partial charge >= 0.3 is 0 Å². The molecule has 0 bridgehead atoms. The second kappa shape index (κ2) is 5.78. The third kappa shape index (κ3) is 4.95. The van der Waals surface area contributed by atoms with Crippen LogP contribution in [0.15, 0.2) is 0 Å². The van der Waals surface area contributed by atoms with Gasteiger partial charge < -0.3 is 0 Å². The predicted molar refractivity (Wildman–Crippen MR) is 51.8 cm³/mol. The van der Waals surface area contributed by atoms with Crippen LogP contribution in [-0.4, -0.2) is 19.7 Å². The van der Waals surface area contributed by atoms with Crippen LogP contribution in [0, 0.1) is 0 Å². The van der Waals surface area contributed by atoms with Crippen molar-refractivity contribution in [1.82, 2.24) is 4.72 Å². The lowest BCUT2D eigenvalue weighted by molar-refractivity contribution is 0.515. The van der Waals surface area contributed by atoms with Gasteiger partial charge in [-0.3, -0.25) is 0 Å². The van der Waals surface area contributed by atoms with Gasteiger partial charge in [-0.25, -0.2) is 13.1 Å². The molecule has 0 aliphatic rings. The van der Waals surface area contributed by atoms with Crippen LogP contribution in [0.2, 0.25) is 0 Å². The van der Waals surface area contributed by atoms with E-state index in [2.05, 4.69) is 4.72 Å². The van der Waals surface area contributed by atoms with E-state index in [4.69, 9.17) is 11.6 Å². The van der Waals surface area contributed by atoms with Crippen LogP contribution in [0.25, 0.3) is 0 Å². The van der Waals surface area contributed by atoms with Crippen molar-refractivity contribution in [2.45, 2.75) is 39.2 Å². The number of halogens is 1. The van der Waals surface area contributed by atoms with Crippen LogP contribution in [-0.2, 0) is 10.0 Å². The van der Waals surface area contributed by atoms with Gasteiger partial charge in [0.05, 0.1) is 0 Å². The van der Waals surface area contributed by atoms with Crippen molar-refractivity contribution in [2.75, 3.05) is 5.21 Å². The third-order valence-electron chi connectivity index (χ3n) is 1.62. The molecule has 0 saturated heterocycles. The first-order valence-corrected chi connectivity index (χ1v) is 6.30. The number of rotatable bonds is 6. The molecule has 1 unspecified atom stereocenters. The molecule has 1 atom stereocenters. The van der Waals surface area contributed by atoms with Gasteiger partial charge in [0.25, 0.3) is 0 Å². The monoisotopic (exact) mass is 213 g/mol. The van der Waals surface area contributed by atoms with Gasteiger partial charge in [-0.05, 0) is 12.8 Å². The molecular formula is C7H16ClNO2S. The number of hydrogen-bond donors (Lipinski definition) is 1. The van der Waals surface area contributed by atoms with Gasteiger partial charge in [-0.2, -0.15) is 0 Å². The van der Waals surface area contributed by atoms with Gasteiger partial charge in [0, 0.05) is 6.04 Å². The molecule has 0 aliphatic heterocycles. The van der Waals surface area contributed by atoms with E-state index in [9.17, 15) is 8.42 Å².